The van der Waals surface area contributed by atoms with Gasteiger partial charge in [0.1, 0.15) is 17.3 Å². The number of carbonyl (C=O) groups excluding carboxylic acids is 1. The third kappa shape index (κ3) is 3.83. The molecule has 1 aliphatic rings. The van der Waals surface area contributed by atoms with Crippen LogP contribution in [-0.4, -0.2) is 29.9 Å². The minimum Gasteiger partial charge on any atom is -0.497 e. The Kier molecular flexibility index (Phi) is 5.52. The highest BCUT2D eigenvalue weighted by Gasteiger charge is 2.36. The minimum absolute atomic E-state index is 0.0860. The smallest absolute Gasteiger partial charge is 0.226 e. The molecule has 0 fully saturated rings. The number of rotatable bonds is 5. The fourth-order valence-corrected chi connectivity index (χ4v) is 4.43. The Hall–Kier alpha value is -3.77. The first-order valence-electron chi connectivity index (χ1n) is 10.5. The zero-order valence-corrected chi connectivity index (χ0v) is 19.0. The van der Waals surface area contributed by atoms with Crippen LogP contribution in [0.3, 0.4) is 0 Å². The van der Waals surface area contributed by atoms with Gasteiger partial charge in [-0.05, 0) is 42.5 Å². The molecule has 1 unspecified atom stereocenters. The third-order valence-corrected chi connectivity index (χ3v) is 6.10. The highest BCUT2D eigenvalue weighted by atomic mass is 35.5. The summed E-state index contributed by atoms with van der Waals surface area (Å²) in [4.78, 5) is 12.9. The van der Waals surface area contributed by atoms with Gasteiger partial charge in [0.25, 0.3) is 0 Å². The van der Waals surface area contributed by atoms with Crippen molar-refractivity contribution in [3.8, 4) is 28.4 Å². The number of carbonyl (C=O) groups is 1. The maximum atomic E-state index is 12.9. The molecule has 7 heteroatoms. The van der Waals surface area contributed by atoms with Crippen molar-refractivity contribution in [3.05, 3.63) is 88.9 Å². The quantitative estimate of drug-likeness (QED) is 0.416. The lowest BCUT2D eigenvalue weighted by Gasteiger charge is -2.26. The number of nitrogens with one attached hydrogen (secondary N) is 1. The van der Waals surface area contributed by atoms with E-state index in [0.29, 0.717) is 22.3 Å². The summed E-state index contributed by atoms with van der Waals surface area (Å²) in [6.07, 6.45) is 0.262. The number of amides is 1. The molecule has 1 atom stereocenters. The number of methoxy groups -OCH3 is 2. The fourth-order valence-electron chi connectivity index (χ4n) is 4.31. The van der Waals surface area contributed by atoms with Gasteiger partial charge >= 0.3 is 0 Å². The number of anilines is 1. The summed E-state index contributed by atoms with van der Waals surface area (Å²) >= 11 is 6.15. The number of nitrogens with zero attached hydrogens (tertiary/aromatic N) is 2. The van der Waals surface area contributed by atoms with Crippen molar-refractivity contribution >= 4 is 23.3 Å². The van der Waals surface area contributed by atoms with Gasteiger partial charge in [-0.15, -0.1) is 0 Å². The van der Waals surface area contributed by atoms with Gasteiger partial charge in [-0.3, -0.25) is 4.79 Å². The normalized spacial score (nSPS) is 15.0. The summed E-state index contributed by atoms with van der Waals surface area (Å²) in [6.45, 7) is 0. The first-order valence-corrected chi connectivity index (χ1v) is 10.9. The molecule has 166 valence electrons. The molecule has 5 rings (SSSR count). The number of fused-ring (bicyclic) bond motifs is 1. The Morgan fingerprint density at radius 3 is 2.45 bits per heavy atom. The Morgan fingerprint density at radius 1 is 1.00 bits per heavy atom. The first-order chi connectivity index (χ1) is 16.1. The second kappa shape index (κ2) is 8.64. The standard InChI is InChI=1S/C26H22ClN3O3/c1-32-19-12-13-22(33-2)20(14-19)21-15-23(31)28-26-24(21)25(16-8-10-17(27)11-9-16)29-30(26)18-6-4-3-5-7-18/h3-14,21H,15H2,1-2H3,(H,28,31). The molecule has 3 aromatic carbocycles. The molecule has 1 amide bonds. The van der Waals surface area contributed by atoms with E-state index in [1.54, 1.807) is 18.9 Å². The number of ether oxygens (including phenoxy) is 2. The number of halogens is 1. The van der Waals surface area contributed by atoms with Gasteiger partial charge in [0.15, 0.2) is 0 Å². The second-order valence-electron chi connectivity index (χ2n) is 7.78. The van der Waals surface area contributed by atoms with Crippen LogP contribution in [0.2, 0.25) is 5.02 Å². The lowest BCUT2D eigenvalue weighted by molar-refractivity contribution is -0.116. The molecule has 0 bridgehead atoms. The third-order valence-electron chi connectivity index (χ3n) is 5.85. The Labute approximate surface area is 196 Å². The molecule has 33 heavy (non-hydrogen) atoms. The van der Waals surface area contributed by atoms with Crippen LogP contribution in [0, 0.1) is 0 Å². The van der Waals surface area contributed by atoms with Gasteiger partial charge in [-0.1, -0.05) is 41.9 Å². The van der Waals surface area contributed by atoms with Crippen LogP contribution in [-0.2, 0) is 4.79 Å². The van der Waals surface area contributed by atoms with Crippen LogP contribution >= 0.6 is 11.6 Å². The van der Waals surface area contributed by atoms with Gasteiger partial charge in [0.2, 0.25) is 5.91 Å². The molecular formula is C26H22ClN3O3. The van der Waals surface area contributed by atoms with Crippen molar-refractivity contribution in [2.24, 2.45) is 0 Å². The van der Waals surface area contributed by atoms with E-state index in [1.165, 1.54) is 0 Å². The lowest BCUT2D eigenvalue weighted by Crippen LogP contribution is -2.25. The molecule has 1 aliphatic heterocycles. The van der Waals surface area contributed by atoms with Crippen molar-refractivity contribution in [2.75, 3.05) is 19.5 Å². The van der Waals surface area contributed by atoms with E-state index < -0.39 is 0 Å². The molecule has 4 aromatic rings. The van der Waals surface area contributed by atoms with E-state index in [-0.39, 0.29) is 18.2 Å². The SMILES string of the molecule is COc1ccc(OC)c(C2CC(=O)Nc3c2c(-c2ccc(Cl)cc2)nn3-c2ccccc2)c1. The predicted molar refractivity (Wildman–Crippen MR) is 129 cm³/mol. The average molecular weight is 460 g/mol. The van der Waals surface area contributed by atoms with E-state index >= 15 is 0 Å². The molecule has 0 saturated carbocycles. The minimum atomic E-state index is -0.276. The highest BCUT2D eigenvalue weighted by Crippen LogP contribution is 2.47. The number of aromatic nitrogens is 2. The molecule has 0 saturated heterocycles. The highest BCUT2D eigenvalue weighted by molar-refractivity contribution is 6.30. The van der Waals surface area contributed by atoms with Crippen molar-refractivity contribution in [1.29, 1.82) is 0 Å². The van der Waals surface area contributed by atoms with E-state index in [4.69, 9.17) is 26.2 Å². The molecule has 6 nitrogen and oxygen atoms in total. The fraction of sp³-hybridized carbons (Fsp3) is 0.154. The van der Waals surface area contributed by atoms with Crippen molar-refractivity contribution in [2.45, 2.75) is 12.3 Å². The van der Waals surface area contributed by atoms with E-state index in [9.17, 15) is 4.79 Å². The van der Waals surface area contributed by atoms with Crippen molar-refractivity contribution in [1.82, 2.24) is 9.78 Å². The summed E-state index contributed by atoms with van der Waals surface area (Å²) < 4.78 is 12.9. The molecule has 1 aromatic heterocycles. The summed E-state index contributed by atoms with van der Waals surface area (Å²) in [6, 6.07) is 23.0. The Morgan fingerprint density at radius 2 is 1.76 bits per heavy atom. The van der Waals surface area contributed by atoms with Crippen LogP contribution in [0.15, 0.2) is 72.8 Å². The van der Waals surface area contributed by atoms with Crippen LogP contribution < -0.4 is 14.8 Å². The number of benzene rings is 3. The van der Waals surface area contributed by atoms with Crippen molar-refractivity contribution in [3.63, 3.8) is 0 Å². The Bertz CT molecular complexity index is 1320. The average Bonchev–Trinajstić information content (AvgIpc) is 3.23. The molecule has 0 aliphatic carbocycles. The number of hydrogen-bond donors (Lipinski definition) is 1. The van der Waals surface area contributed by atoms with Gasteiger partial charge in [0.05, 0.1) is 25.6 Å². The van der Waals surface area contributed by atoms with Crippen LogP contribution in [0.1, 0.15) is 23.5 Å². The number of hydrogen-bond acceptors (Lipinski definition) is 4. The predicted octanol–water partition coefficient (Wildman–Crippen LogP) is 5.68. The van der Waals surface area contributed by atoms with Gasteiger partial charge in [-0.25, -0.2) is 4.68 Å². The zero-order chi connectivity index (χ0) is 22.9. The summed E-state index contributed by atoms with van der Waals surface area (Å²) in [5.41, 5.74) is 4.34. The van der Waals surface area contributed by atoms with Gasteiger partial charge in [-0.2, -0.15) is 5.10 Å². The zero-order valence-electron chi connectivity index (χ0n) is 18.2. The van der Waals surface area contributed by atoms with Gasteiger partial charge in [0, 0.05) is 34.1 Å². The van der Waals surface area contributed by atoms with Gasteiger partial charge < -0.3 is 14.8 Å². The van der Waals surface area contributed by atoms with Crippen molar-refractivity contribution < 1.29 is 14.3 Å². The first kappa shape index (κ1) is 21.1. The molecule has 1 N–H and O–H groups in total. The second-order valence-corrected chi connectivity index (χ2v) is 8.21. The number of para-hydroxylation sites is 1. The maximum Gasteiger partial charge on any atom is 0.226 e. The molecule has 0 radical (unpaired) electrons. The maximum absolute atomic E-state index is 12.9. The van der Waals surface area contributed by atoms with E-state index in [0.717, 1.165) is 28.1 Å². The summed E-state index contributed by atoms with van der Waals surface area (Å²) in [5.74, 6) is 1.68. The monoisotopic (exact) mass is 459 g/mol. The van der Waals surface area contributed by atoms with E-state index in [2.05, 4.69) is 5.32 Å². The van der Waals surface area contributed by atoms with Crippen LogP contribution in [0.25, 0.3) is 16.9 Å². The molecule has 0 spiro atoms. The molecular weight excluding hydrogens is 438 g/mol. The topological polar surface area (TPSA) is 65.4 Å². The lowest BCUT2D eigenvalue weighted by atomic mass is 9.83. The summed E-state index contributed by atoms with van der Waals surface area (Å²) in [5, 5.41) is 8.66. The summed E-state index contributed by atoms with van der Waals surface area (Å²) in [7, 11) is 3.25. The van der Waals surface area contributed by atoms with Crippen LogP contribution in [0.5, 0.6) is 11.5 Å². The Balaban J connectivity index is 1.79. The molecule has 2 heterocycles. The van der Waals surface area contributed by atoms with E-state index in [1.807, 2.05) is 72.8 Å². The largest absolute Gasteiger partial charge is 0.497 e. The van der Waals surface area contributed by atoms with Crippen LogP contribution in [0.4, 0.5) is 5.82 Å².